The minimum Gasteiger partial charge on any atom is -0.412 e. The number of nitrogens with zero attached hydrogens (tertiary/aromatic N) is 2. The molecule has 0 unspecified atom stereocenters. The Labute approximate surface area is 132 Å². The average molecular weight is 311 g/mol. The second kappa shape index (κ2) is 6.00. The van der Waals surface area contributed by atoms with Gasteiger partial charge in [-0.15, -0.1) is 10.2 Å². The van der Waals surface area contributed by atoms with Gasteiger partial charge in [0.1, 0.15) is 5.82 Å². The van der Waals surface area contributed by atoms with Crippen molar-refractivity contribution in [1.29, 1.82) is 0 Å². The van der Waals surface area contributed by atoms with E-state index >= 15 is 0 Å². The number of benzene rings is 2. The van der Waals surface area contributed by atoms with E-state index < -0.39 is 11.7 Å². The predicted molar refractivity (Wildman–Crippen MR) is 83.6 cm³/mol. The van der Waals surface area contributed by atoms with Crippen LogP contribution in [0.15, 0.2) is 46.9 Å². The molecule has 0 bridgehead atoms. The fraction of sp³-hybridized carbons (Fsp3) is 0.118. The number of aromatic nitrogens is 2. The highest BCUT2D eigenvalue weighted by Crippen LogP contribution is 2.22. The molecule has 0 aliphatic carbocycles. The largest absolute Gasteiger partial charge is 0.412 e. The normalized spacial score (nSPS) is 10.6. The molecule has 0 spiro atoms. The molecule has 0 fully saturated rings. The second-order valence-electron chi connectivity index (χ2n) is 5.14. The summed E-state index contributed by atoms with van der Waals surface area (Å²) in [6.45, 7) is 3.79. The van der Waals surface area contributed by atoms with Crippen LogP contribution in [-0.2, 0) is 0 Å². The number of hydrogen-bond acceptors (Lipinski definition) is 4. The Kier molecular flexibility index (Phi) is 3.89. The van der Waals surface area contributed by atoms with E-state index in [-0.39, 0.29) is 11.8 Å². The molecule has 0 aliphatic rings. The lowest BCUT2D eigenvalue weighted by Crippen LogP contribution is -2.14. The summed E-state index contributed by atoms with van der Waals surface area (Å²) in [6, 6.07) is 11.4. The van der Waals surface area contributed by atoms with Gasteiger partial charge in [0.15, 0.2) is 0 Å². The van der Waals surface area contributed by atoms with Crippen LogP contribution < -0.4 is 5.32 Å². The van der Waals surface area contributed by atoms with Crippen molar-refractivity contribution in [1.82, 2.24) is 10.2 Å². The summed E-state index contributed by atoms with van der Waals surface area (Å²) in [5.74, 6) is -0.997. The Bertz CT molecular complexity index is 854. The van der Waals surface area contributed by atoms with Gasteiger partial charge in [0.05, 0.1) is 0 Å². The fourth-order valence-electron chi connectivity index (χ4n) is 2.23. The molecule has 116 valence electrons. The van der Waals surface area contributed by atoms with E-state index in [4.69, 9.17) is 4.42 Å². The molecule has 0 atom stereocenters. The number of aryl methyl sites for hydroxylation is 2. The first-order valence-electron chi connectivity index (χ1n) is 7.01. The van der Waals surface area contributed by atoms with Crippen LogP contribution in [0.4, 0.5) is 10.1 Å². The standard InChI is InChI=1S/C17H14FN3O2/c1-10-5-3-6-11(2)14(10)19-15(22)17-21-20-16(23-17)12-7-4-8-13(18)9-12/h3-9H,1-2H3,(H,19,22). The zero-order valence-electron chi connectivity index (χ0n) is 12.6. The van der Waals surface area contributed by atoms with E-state index in [1.54, 1.807) is 6.07 Å². The van der Waals surface area contributed by atoms with Crippen LogP contribution in [0.3, 0.4) is 0 Å². The van der Waals surface area contributed by atoms with Gasteiger partial charge in [-0.25, -0.2) is 4.39 Å². The van der Waals surface area contributed by atoms with Gasteiger partial charge >= 0.3 is 11.8 Å². The first-order valence-corrected chi connectivity index (χ1v) is 7.01. The number of rotatable bonds is 3. The van der Waals surface area contributed by atoms with Crippen LogP contribution in [0.1, 0.15) is 21.8 Å². The topological polar surface area (TPSA) is 68.0 Å². The SMILES string of the molecule is Cc1cccc(C)c1NC(=O)c1nnc(-c2cccc(F)c2)o1. The summed E-state index contributed by atoms with van der Waals surface area (Å²) in [7, 11) is 0. The molecular weight excluding hydrogens is 297 g/mol. The number of para-hydroxylation sites is 1. The van der Waals surface area contributed by atoms with E-state index in [1.807, 2.05) is 32.0 Å². The maximum Gasteiger partial charge on any atom is 0.313 e. The highest BCUT2D eigenvalue weighted by atomic mass is 19.1. The van der Waals surface area contributed by atoms with Crippen LogP contribution in [0.25, 0.3) is 11.5 Å². The molecule has 1 N–H and O–H groups in total. The van der Waals surface area contributed by atoms with Gasteiger partial charge < -0.3 is 9.73 Å². The molecule has 1 heterocycles. The monoisotopic (exact) mass is 311 g/mol. The summed E-state index contributed by atoms with van der Waals surface area (Å²) >= 11 is 0. The number of hydrogen-bond donors (Lipinski definition) is 1. The van der Waals surface area contributed by atoms with Gasteiger partial charge in [0, 0.05) is 11.3 Å². The highest BCUT2D eigenvalue weighted by molar-refractivity contribution is 6.01. The third-order valence-electron chi connectivity index (χ3n) is 3.41. The molecule has 6 heteroatoms. The van der Waals surface area contributed by atoms with Gasteiger partial charge in [0.2, 0.25) is 5.89 Å². The number of halogens is 1. The number of carbonyl (C=O) groups is 1. The molecule has 3 aromatic rings. The summed E-state index contributed by atoms with van der Waals surface area (Å²) in [5.41, 5.74) is 3.00. The van der Waals surface area contributed by atoms with Crippen LogP contribution in [0.5, 0.6) is 0 Å². The molecule has 0 saturated carbocycles. The van der Waals surface area contributed by atoms with Crippen molar-refractivity contribution in [2.45, 2.75) is 13.8 Å². The molecule has 5 nitrogen and oxygen atoms in total. The molecule has 0 radical (unpaired) electrons. The molecular formula is C17H14FN3O2. The minimum atomic E-state index is -0.502. The maximum atomic E-state index is 13.2. The van der Waals surface area contributed by atoms with Crippen LogP contribution in [-0.4, -0.2) is 16.1 Å². The Morgan fingerprint density at radius 2 is 1.78 bits per heavy atom. The van der Waals surface area contributed by atoms with Gasteiger partial charge in [0.25, 0.3) is 0 Å². The van der Waals surface area contributed by atoms with Crippen LogP contribution in [0.2, 0.25) is 0 Å². The third kappa shape index (κ3) is 3.11. The second-order valence-corrected chi connectivity index (χ2v) is 5.14. The van der Waals surface area contributed by atoms with E-state index in [2.05, 4.69) is 15.5 Å². The first kappa shape index (κ1) is 14.9. The minimum absolute atomic E-state index is 0.0937. The fourth-order valence-corrected chi connectivity index (χ4v) is 2.23. The van der Waals surface area contributed by atoms with Crippen molar-refractivity contribution in [2.24, 2.45) is 0 Å². The van der Waals surface area contributed by atoms with E-state index in [9.17, 15) is 9.18 Å². The van der Waals surface area contributed by atoms with Crippen molar-refractivity contribution in [3.8, 4) is 11.5 Å². The van der Waals surface area contributed by atoms with Crippen molar-refractivity contribution in [3.05, 3.63) is 65.3 Å². The summed E-state index contributed by atoms with van der Waals surface area (Å²) in [6.07, 6.45) is 0. The zero-order chi connectivity index (χ0) is 16.4. The Morgan fingerprint density at radius 1 is 1.09 bits per heavy atom. The lowest BCUT2D eigenvalue weighted by Gasteiger charge is -2.09. The van der Waals surface area contributed by atoms with Crippen molar-refractivity contribution < 1.29 is 13.6 Å². The molecule has 1 amide bonds. The summed E-state index contributed by atoms with van der Waals surface area (Å²) in [5, 5.41) is 10.3. The van der Waals surface area contributed by atoms with Crippen molar-refractivity contribution >= 4 is 11.6 Å². The summed E-state index contributed by atoms with van der Waals surface area (Å²) in [4.78, 5) is 12.2. The molecule has 3 rings (SSSR count). The highest BCUT2D eigenvalue weighted by Gasteiger charge is 2.17. The molecule has 2 aromatic carbocycles. The van der Waals surface area contributed by atoms with Gasteiger partial charge in [-0.1, -0.05) is 24.3 Å². The summed E-state index contributed by atoms with van der Waals surface area (Å²) < 4.78 is 18.6. The molecule has 0 saturated heterocycles. The van der Waals surface area contributed by atoms with Gasteiger partial charge in [-0.3, -0.25) is 4.79 Å². The molecule has 1 aromatic heterocycles. The smallest absolute Gasteiger partial charge is 0.313 e. The zero-order valence-corrected chi connectivity index (χ0v) is 12.6. The lowest BCUT2D eigenvalue weighted by atomic mass is 10.1. The van der Waals surface area contributed by atoms with Crippen molar-refractivity contribution in [2.75, 3.05) is 5.32 Å². The number of carbonyl (C=O) groups excluding carboxylic acids is 1. The Balaban J connectivity index is 1.84. The van der Waals surface area contributed by atoms with Gasteiger partial charge in [-0.05, 0) is 43.2 Å². The number of amides is 1. The van der Waals surface area contributed by atoms with Crippen LogP contribution >= 0.6 is 0 Å². The number of anilines is 1. The first-order chi connectivity index (χ1) is 11.0. The van der Waals surface area contributed by atoms with Gasteiger partial charge in [-0.2, -0.15) is 0 Å². The average Bonchev–Trinajstić information content (AvgIpc) is 3.01. The Morgan fingerprint density at radius 3 is 2.48 bits per heavy atom. The lowest BCUT2D eigenvalue weighted by molar-refractivity contribution is 0.0990. The van der Waals surface area contributed by atoms with E-state index in [1.165, 1.54) is 18.2 Å². The van der Waals surface area contributed by atoms with E-state index in [0.717, 1.165) is 11.1 Å². The Hall–Kier alpha value is -3.02. The van der Waals surface area contributed by atoms with Crippen molar-refractivity contribution in [3.63, 3.8) is 0 Å². The van der Waals surface area contributed by atoms with Crippen LogP contribution in [0, 0.1) is 19.7 Å². The quantitative estimate of drug-likeness (QED) is 0.800. The predicted octanol–water partition coefficient (Wildman–Crippen LogP) is 3.74. The molecule has 0 aliphatic heterocycles. The van der Waals surface area contributed by atoms with E-state index in [0.29, 0.717) is 11.3 Å². The maximum absolute atomic E-state index is 13.2. The molecule has 23 heavy (non-hydrogen) atoms. The third-order valence-corrected chi connectivity index (χ3v) is 3.41. The number of nitrogens with one attached hydrogen (secondary N) is 1.